The van der Waals surface area contributed by atoms with Crippen LogP contribution in [0.3, 0.4) is 0 Å². The average molecular weight is 763 g/mol. The monoisotopic (exact) mass is 760 g/mol. The molecule has 48 heavy (non-hydrogen) atoms. The molecule has 0 aliphatic heterocycles. The molecule has 2 aliphatic rings. The third-order valence-corrected chi connectivity index (χ3v) is 7.53. The summed E-state index contributed by atoms with van der Waals surface area (Å²) >= 11 is 1.30. The van der Waals surface area contributed by atoms with Gasteiger partial charge in [-0.15, -0.1) is 65.6 Å². The van der Waals surface area contributed by atoms with E-state index in [1.54, 1.807) is 14.2 Å². The van der Waals surface area contributed by atoms with Crippen LogP contribution in [0.4, 0.5) is 0 Å². The topological polar surface area (TPSA) is 18.5 Å². The van der Waals surface area contributed by atoms with Gasteiger partial charge in [0, 0.05) is 11.5 Å². The standard InChI is InChI=1S/C21H25.2C8H9O.C5H5.CH2.2ClH.Zr/c1-20(2,3)16-7-9-18-14(12-16)11-15-13-17(21(4,5)6)8-10-19(15)18;2*1-7-5-3-4-6-8(7)9-2;1-2-4-5-3-1;;;;/h7-10,12H,11H2,1-6H3;2*4-6H,1-2H3;1-3H,4H2;1H2;2*1H;/q4*-1;;;;. The van der Waals surface area contributed by atoms with Crippen LogP contribution >= 0.6 is 24.8 Å². The molecule has 0 unspecified atom stereocenters. The first-order valence-corrected chi connectivity index (χ1v) is 17.4. The van der Waals surface area contributed by atoms with Crippen molar-refractivity contribution in [3.63, 3.8) is 0 Å². The quantitative estimate of drug-likeness (QED) is 0.167. The van der Waals surface area contributed by atoms with Crippen LogP contribution < -0.4 is 9.47 Å². The van der Waals surface area contributed by atoms with Crippen molar-refractivity contribution < 1.29 is 33.7 Å². The molecule has 2 nitrogen and oxygen atoms in total. The normalized spacial score (nSPS) is 11.4. The van der Waals surface area contributed by atoms with Gasteiger partial charge in [0.1, 0.15) is 0 Å². The number of rotatable bonds is 2. The Morgan fingerprint density at radius 1 is 0.729 bits per heavy atom. The van der Waals surface area contributed by atoms with Crippen LogP contribution in [-0.2, 0) is 41.5 Å². The van der Waals surface area contributed by atoms with Crippen molar-refractivity contribution in [2.45, 2.75) is 79.1 Å². The number of fused-ring (bicyclic) bond motifs is 3. The molecule has 0 N–H and O–H groups in total. The molecule has 4 aromatic rings. The molecule has 0 amide bonds. The fraction of sp³-hybridized carbons (Fsp3) is 0.326. The van der Waals surface area contributed by atoms with Gasteiger partial charge in [0.25, 0.3) is 0 Å². The second kappa shape index (κ2) is 22.1. The van der Waals surface area contributed by atoms with Crippen molar-refractivity contribution in [3.05, 3.63) is 143 Å². The fourth-order valence-corrected chi connectivity index (χ4v) is 4.83. The zero-order chi connectivity index (χ0) is 34.3. The van der Waals surface area contributed by atoms with Crippen molar-refractivity contribution in [1.29, 1.82) is 0 Å². The van der Waals surface area contributed by atoms with Gasteiger partial charge in [-0.1, -0.05) is 79.2 Å². The Kier molecular flexibility index (Phi) is 20.9. The number of benzene rings is 4. The van der Waals surface area contributed by atoms with E-state index in [0.29, 0.717) is 0 Å². The molecule has 0 spiro atoms. The minimum absolute atomic E-state index is 0. The van der Waals surface area contributed by atoms with Crippen molar-refractivity contribution >= 4 is 29.0 Å². The van der Waals surface area contributed by atoms with E-state index < -0.39 is 0 Å². The van der Waals surface area contributed by atoms with Crippen LogP contribution in [0, 0.1) is 38.1 Å². The average Bonchev–Trinajstić information content (AvgIpc) is 3.74. The Morgan fingerprint density at radius 3 is 1.65 bits per heavy atom. The number of allylic oxidation sites excluding steroid dienone is 4. The summed E-state index contributed by atoms with van der Waals surface area (Å²) in [5.41, 5.74) is 11.0. The first-order valence-electron chi connectivity index (χ1n) is 15.6. The Labute approximate surface area is 319 Å². The molecule has 0 radical (unpaired) electrons. The molecule has 0 fully saturated rings. The van der Waals surface area contributed by atoms with Gasteiger partial charge in [0.05, 0.1) is 14.2 Å². The first-order chi connectivity index (χ1) is 21.8. The van der Waals surface area contributed by atoms with Gasteiger partial charge in [0.2, 0.25) is 0 Å². The molecule has 0 saturated heterocycles. The van der Waals surface area contributed by atoms with Gasteiger partial charge >= 0.3 is 28.4 Å². The molecule has 6 rings (SSSR count). The van der Waals surface area contributed by atoms with Gasteiger partial charge in [-0.2, -0.15) is 66.2 Å². The Morgan fingerprint density at radius 2 is 1.27 bits per heavy atom. The first kappa shape index (κ1) is 45.3. The van der Waals surface area contributed by atoms with Crippen LogP contribution in [0.1, 0.15) is 81.3 Å². The maximum atomic E-state index is 5.02. The molecule has 5 heteroatoms. The summed E-state index contributed by atoms with van der Waals surface area (Å²) < 4.78 is 13.4. The Balaban J connectivity index is 0.000000682. The van der Waals surface area contributed by atoms with E-state index in [0.717, 1.165) is 35.5 Å². The second-order valence-electron chi connectivity index (χ2n) is 13.1. The summed E-state index contributed by atoms with van der Waals surface area (Å²) in [4.78, 5) is 0. The van der Waals surface area contributed by atoms with Gasteiger partial charge in [-0.3, -0.25) is 6.08 Å². The zero-order valence-electron chi connectivity index (χ0n) is 30.3. The van der Waals surface area contributed by atoms with E-state index in [-0.39, 0.29) is 35.6 Å². The number of methoxy groups -OCH3 is 2. The molecule has 0 bridgehead atoms. The van der Waals surface area contributed by atoms with E-state index in [1.807, 2.05) is 62.4 Å². The molecule has 0 heterocycles. The number of aryl methyl sites for hydroxylation is 2. The van der Waals surface area contributed by atoms with Gasteiger partial charge in [-0.05, 0) is 28.4 Å². The third-order valence-electron chi connectivity index (χ3n) is 7.53. The number of ether oxygens (including phenoxy) is 2. The zero-order valence-corrected chi connectivity index (χ0v) is 34.4. The Bertz CT molecular complexity index is 1480. The number of hydrogen-bond acceptors (Lipinski definition) is 2. The SMILES string of the molecule is CC(C)(C)c1[c-]c2c(cc1)-c1ccc(C(C)(C)C)cc1C2.COc1cc[c-]cc1C.COc1cc[c-]cc1C.Cl.Cl.[C-]1=CC=CC1.[CH2]=[Zr]. The summed E-state index contributed by atoms with van der Waals surface area (Å²) in [6, 6.07) is 32.4. The van der Waals surface area contributed by atoms with E-state index in [4.69, 9.17) is 9.47 Å². The fourth-order valence-electron chi connectivity index (χ4n) is 4.83. The second-order valence-corrected chi connectivity index (χ2v) is 13.1. The minimum atomic E-state index is 0. The summed E-state index contributed by atoms with van der Waals surface area (Å²) in [5, 5.41) is 0. The summed E-state index contributed by atoms with van der Waals surface area (Å²) in [7, 11) is 3.34. The predicted octanol–water partition coefficient (Wildman–Crippen LogP) is 11.4. The summed E-state index contributed by atoms with van der Waals surface area (Å²) in [5.74, 6) is 1.85. The van der Waals surface area contributed by atoms with Gasteiger partial charge in [0.15, 0.2) is 0 Å². The van der Waals surface area contributed by atoms with Crippen LogP contribution in [0.5, 0.6) is 11.5 Å². The number of hydrogen-bond donors (Lipinski definition) is 0. The van der Waals surface area contributed by atoms with Crippen molar-refractivity contribution in [2.75, 3.05) is 14.2 Å². The van der Waals surface area contributed by atoms with Crippen molar-refractivity contribution in [2.24, 2.45) is 0 Å². The Hall–Kier alpha value is -2.71. The molecule has 4 aromatic carbocycles. The molecule has 0 aromatic heterocycles. The maximum absolute atomic E-state index is 5.02. The summed E-state index contributed by atoms with van der Waals surface area (Å²) in [6.07, 6.45) is 11.0. The van der Waals surface area contributed by atoms with Crippen LogP contribution in [-0.4, -0.2) is 18.4 Å². The van der Waals surface area contributed by atoms with E-state index in [9.17, 15) is 0 Å². The van der Waals surface area contributed by atoms with Crippen molar-refractivity contribution in [1.82, 2.24) is 0 Å². The van der Waals surface area contributed by atoms with E-state index >= 15 is 0 Å². The van der Waals surface area contributed by atoms with E-state index in [1.165, 1.54) is 57.6 Å². The molecule has 2 aliphatic carbocycles. The predicted molar refractivity (Wildman–Crippen MR) is 207 cm³/mol. The van der Waals surface area contributed by atoms with E-state index in [2.05, 4.69) is 106 Å². The van der Waals surface area contributed by atoms with Crippen LogP contribution in [0.2, 0.25) is 0 Å². The molecule has 258 valence electrons. The molecule has 0 atom stereocenters. The van der Waals surface area contributed by atoms with Gasteiger partial charge < -0.3 is 9.47 Å². The van der Waals surface area contributed by atoms with Crippen LogP contribution in [0.25, 0.3) is 11.1 Å². The molecular weight excluding hydrogens is 711 g/mol. The molecular formula is C43H52Cl2O2Zr-4. The molecule has 0 saturated carbocycles. The van der Waals surface area contributed by atoms with Crippen molar-refractivity contribution in [3.8, 4) is 22.6 Å². The van der Waals surface area contributed by atoms with Crippen LogP contribution in [0.15, 0.2) is 85.0 Å². The summed E-state index contributed by atoms with van der Waals surface area (Å²) in [6.45, 7) is 17.6. The third kappa shape index (κ3) is 14.0. The number of halogens is 2. The van der Waals surface area contributed by atoms with Gasteiger partial charge in [-0.25, -0.2) is 12.2 Å².